The molecule has 3 aromatic rings. The number of benzene rings is 2. The molecule has 0 unspecified atom stereocenters. The van der Waals surface area contributed by atoms with Crippen LogP contribution >= 0.6 is 38.9 Å². The van der Waals surface area contributed by atoms with E-state index in [-0.39, 0.29) is 10.9 Å². The van der Waals surface area contributed by atoms with Crippen LogP contribution in [0.25, 0.3) is 11.1 Å². The summed E-state index contributed by atoms with van der Waals surface area (Å²) >= 11 is 10.9. The van der Waals surface area contributed by atoms with Gasteiger partial charge in [0.2, 0.25) is 5.01 Å². The SMILES string of the molecule is COc1ccc(/C=C(\Cl)c2nnc(C(=O)NCc3ccccc3)s2)cc1Br. The van der Waals surface area contributed by atoms with E-state index in [2.05, 4.69) is 31.4 Å². The number of amides is 1. The number of methoxy groups -OCH3 is 1. The molecule has 0 saturated carbocycles. The Labute approximate surface area is 174 Å². The number of hydrogen-bond acceptors (Lipinski definition) is 5. The number of nitrogens with one attached hydrogen (secondary N) is 1. The highest BCUT2D eigenvalue weighted by atomic mass is 79.9. The van der Waals surface area contributed by atoms with Crippen molar-refractivity contribution in [1.29, 1.82) is 0 Å². The van der Waals surface area contributed by atoms with E-state index in [4.69, 9.17) is 16.3 Å². The molecule has 0 atom stereocenters. The van der Waals surface area contributed by atoms with Gasteiger partial charge in [0.05, 0.1) is 16.6 Å². The van der Waals surface area contributed by atoms with Crippen molar-refractivity contribution in [3.8, 4) is 5.75 Å². The Bertz CT molecular complexity index is 976. The van der Waals surface area contributed by atoms with Crippen molar-refractivity contribution >= 4 is 55.9 Å². The third-order valence-electron chi connectivity index (χ3n) is 3.59. The molecular weight excluding hydrogens is 450 g/mol. The lowest BCUT2D eigenvalue weighted by Crippen LogP contribution is -2.22. The van der Waals surface area contributed by atoms with Gasteiger partial charge in [-0.25, -0.2) is 0 Å². The fourth-order valence-corrected chi connectivity index (χ4v) is 3.75. The molecule has 1 aromatic heterocycles. The lowest BCUT2D eigenvalue weighted by Gasteiger charge is -2.03. The second-order valence-electron chi connectivity index (χ2n) is 5.47. The molecule has 0 saturated heterocycles. The molecule has 0 spiro atoms. The third-order valence-corrected chi connectivity index (χ3v) is 5.56. The number of rotatable bonds is 6. The van der Waals surface area contributed by atoms with Gasteiger partial charge in [-0.3, -0.25) is 4.79 Å². The van der Waals surface area contributed by atoms with Crippen LogP contribution in [-0.2, 0) is 6.54 Å². The number of carbonyl (C=O) groups is 1. The molecule has 3 rings (SSSR count). The van der Waals surface area contributed by atoms with Gasteiger partial charge in [-0.2, -0.15) is 0 Å². The van der Waals surface area contributed by atoms with Crippen molar-refractivity contribution in [3.05, 3.63) is 74.1 Å². The molecule has 27 heavy (non-hydrogen) atoms. The van der Waals surface area contributed by atoms with Crippen molar-refractivity contribution in [2.75, 3.05) is 7.11 Å². The Morgan fingerprint density at radius 1 is 1.22 bits per heavy atom. The normalized spacial score (nSPS) is 11.3. The van der Waals surface area contributed by atoms with Crippen LogP contribution in [0.1, 0.15) is 25.9 Å². The van der Waals surface area contributed by atoms with Gasteiger partial charge in [-0.1, -0.05) is 59.3 Å². The lowest BCUT2D eigenvalue weighted by atomic mass is 10.2. The van der Waals surface area contributed by atoms with Crippen molar-refractivity contribution in [2.45, 2.75) is 6.54 Å². The molecule has 1 heterocycles. The van der Waals surface area contributed by atoms with Gasteiger partial charge in [0.25, 0.3) is 5.91 Å². The first-order chi connectivity index (χ1) is 13.1. The number of hydrogen-bond donors (Lipinski definition) is 1. The fourth-order valence-electron chi connectivity index (χ4n) is 2.25. The molecule has 5 nitrogen and oxygen atoms in total. The number of carbonyl (C=O) groups excluding carboxylic acids is 1. The van der Waals surface area contributed by atoms with E-state index in [1.807, 2.05) is 48.5 Å². The predicted octanol–water partition coefficient (Wildman–Crippen LogP) is 4.98. The van der Waals surface area contributed by atoms with Gasteiger partial charge in [0, 0.05) is 6.54 Å². The number of aromatic nitrogens is 2. The van der Waals surface area contributed by atoms with Gasteiger partial charge >= 0.3 is 0 Å². The van der Waals surface area contributed by atoms with Crippen LogP contribution in [0.5, 0.6) is 5.75 Å². The highest BCUT2D eigenvalue weighted by molar-refractivity contribution is 9.10. The molecule has 1 amide bonds. The first kappa shape index (κ1) is 19.5. The maximum absolute atomic E-state index is 12.2. The zero-order chi connectivity index (χ0) is 19.2. The van der Waals surface area contributed by atoms with Crippen molar-refractivity contribution in [3.63, 3.8) is 0 Å². The van der Waals surface area contributed by atoms with E-state index < -0.39 is 0 Å². The average molecular weight is 465 g/mol. The molecule has 0 radical (unpaired) electrons. The minimum atomic E-state index is -0.278. The van der Waals surface area contributed by atoms with Gasteiger partial charge in [0.1, 0.15) is 5.75 Å². The number of ether oxygens (including phenoxy) is 1. The standard InChI is InChI=1S/C19H15BrClN3O2S/c1-26-16-8-7-13(9-14(16)20)10-15(21)18-23-24-19(27-18)17(25)22-11-12-5-3-2-4-6-12/h2-10H,11H2,1H3,(H,22,25)/b15-10-. The summed E-state index contributed by atoms with van der Waals surface area (Å²) in [5, 5.41) is 11.9. The molecule has 0 aliphatic rings. The minimum Gasteiger partial charge on any atom is -0.496 e. The highest BCUT2D eigenvalue weighted by Crippen LogP contribution is 2.29. The number of nitrogens with zero attached hydrogens (tertiary/aromatic N) is 2. The van der Waals surface area contributed by atoms with E-state index in [1.54, 1.807) is 13.2 Å². The molecule has 0 aliphatic carbocycles. The Hall–Kier alpha value is -2.22. The molecular formula is C19H15BrClN3O2S. The molecule has 0 aliphatic heterocycles. The van der Waals surface area contributed by atoms with Crippen molar-refractivity contribution in [2.24, 2.45) is 0 Å². The third kappa shape index (κ3) is 5.15. The zero-order valence-electron chi connectivity index (χ0n) is 14.3. The summed E-state index contributed by atoms with van der Waals surface area (Å²) in [5.74, 6) is 0.454. The predicted molar refractivity (Wildman–Crippen MR) is 112 cm³/mol. The van der Waals surface area contributed by atoms with Gasteiger partial charge < -0.3 is 10.1 Å². The van der Waals surface area contributed by atoms with Crippen LogP contribution in [0, 0.1) is 0 Å². The minimum absolute atomic E-state index is 0.267. The Balaban J connectivity index is 1.68. The van der Waals surface area contributed by atoms with Gasteiger partial charge in [0.15, 0.2) is 5.01 Å². The van der Waals surface area contributed by atoms with Crippen molar-refractivity contribution in [1.82, 2.24) is 15.5 Å². The highest BCUT2D eigenvalue weighted by Gasteiger charge is 2.14. The monoisotopic (exact) mass is 463 g/mol. The Kier molecular flexibility index (Phi) is 6.60. The zero-order valence-corrected chi connectivity index (χ0v) is 17.4. The van der Waals surface area contributed by atoms with E-state index in [0.29, 0.717) is 16.6 Å². The second-order valence-corrected chi connectivity index (χ2v) is 7.71. The maximum Gasteiger partial charge on any atom is 0.282 e. The lowest BCUT2D eigenvalue weighted by molar-refractivity contribution is 0.0950. The summed E-state index contributed by atoms with van der Waals surface area (Å²) in [4.78, 5) is 12.2. The first-order valence-corrected chi connectivity index (χ1v) is 9.92. The topological polar surface area (TPSA) is 64.1 Å². The summed E-state index contributed by atoms with van der Waals surface area (Å²) in [6, 6.07) is 15.3. The van der Waals surface area contributed by atoms with E-state index in [9.17, 15) is 4.79 Å². The van der Waals surface area contributed by atoms with Crippen LogP contribution < -0.4 is 10.1 Å². The van der Waals surface area contributed by atoms with Crippen LogP contribution in [0.3, 0.4) is 0 Å². The average Bonchev–Trinajstić information content (AvgIpc) is 3.17. The summed E-state index contributed by atoms with van der Waals surface area (Å²) in [6.45, 7) is 0.429. The molecule has 0 bridgehead atoms. The molecule has 138 valence electrons. The summed E-state index contributed by atoms with van der Waals surface area (Å²) in [6.07, 6.45) is 1.76. The molecule has 0 fully saturated rings. The maximum atomic E-state index is 12.2. The molecule has 2 aromatic carbocycles. The Morgan fingerprint density at radius 3 is 2.67 bits per heavy atom. The largest absolute Gasteiger partial charge is 0.496 e. The first-order valence-electron chi connectivity index (χ1n) is 7.93. The van der Waals surface area contributed by atoms with Crippen LogP contribution in [-0.4, -0.2) is 23.2 Å². The van der Waals surface area contributed by atoms with Gasteiger partial charge in [-0.15, -0.1) is 10.2 Å². The van der Waals surface area contributed by atoms with Crippen molar-refractivity contribution < 1.29 is 9.53 Å². The number of halogens is 2. The van der Waals surface area contributed by atoms with Crippen LogP contribution in [0.4, 0.5) is 0 Å². The fraction of sp³-hybridized carbons (Fsp3) is 0.105. The van der Waals surface area contributed by atoms with E-state index in [1.165, 1.54) is 0 Å². The van der Waals surface area contributed by atoms with Gasteiger partial charge in [-0.05, 0) is 45.3 Å². The summed E-state index contributed by atoms with van der Waals surface area (Å²) < 4.78 is 6.03. The smallest absolute Gasteiger partial charge is 0.282 e. The molecule has 1 N–H and O–H groups in total. The molecule has 8 heteroatoms. The van der Waals surface area contributed by atoms with E-state index in [0.717, 1.165) is 32.7 Å². The summed E-state index contributed by atoms with van der Waals surface area (Å²) in [7, 11) is 1.61. The summed E-state index contributed by atoms with van der Waals surface area (Å²) in [5.41, 5.74) is 1.89. The van der Waals surface area contributed by atoms with Crippen LogP contribution in [0.15, 0.2) is 53.0 Å². The van der Waals surface area contributed by atoms with Crippen LogP contribution in [0.2, 0.25) is 0 Å². The second kappa shape index (κ2) is 9.12. The quantitative estimate of drug-likeness (QED) is 0.559. The van der Waals surface area contributed by atoms with E-state index >= 15 is 0 Å². The Morgan fingerprint density at radius 2 is 1.96 bits per heavy atom.